The molecule has 0 aliphatic carbocycles. The van der Waals surface area contributed by atoms with E-state index in [2.05, 4.69) is 10.6 Å². The lowest BCUT2D eigenvalue weighted by Crippen LogP contribution is -2.32. The average molecular weight is 378 g/mol. The van der Waals surface area contributed by atoms with Crippen LogP contribution in [0.3, 0.4) is 0 Å². The number of benzene rings is 3. The Balaban J connectivity index is 1.39. The molecule has 1 aliphatic heterocycles. The summed E-state index contributed by atoms with van der Waals surface area (Å²) in [6.07, 6.45) is -0.402. The summed E-state index contributed by atoms with van der Waals surface area (Å²) in [5, 5.41) is 7.08. The van der Waals surface area contributed by atoms with Gasteiger partial charge in [-0.1, -0.05) is 30.3 Å². The molecule has 2 amide bonds. The summed E-state index contributed by atoms with van der Waals surface area (Å²) >= 11 is 0. The normalized spacial score (nSPS) is 14.9. The first-order valence-electron chi connectivity index (χ1n) is 8.81. The van der Waals surface area contributed by atoms with Crippen molar-refractivity contribution in [2.24, 2.45) is 5.73 Å². The van der Waals surface area contributed by atoms with Crippen LogP contribution in [0, 0.1) is 5.82 Å². The molecule has 3 aromatic rings. The first-order valence-corrected chi connectivity index (χ1v) is 8.81. The largest absolute Gasteiger partial charge is 0.377 e. The van der Waals surface area contributed by atoms with Gasteiger partial charge < -0.3 is 21.2 Å². The van der Waals surface area contributed by atoms with E-state index in [0.717, 1.165) is 22.6 Å². The highest BCUT2D eigenvalue weighted by atomic mass is 19.1. The van der Waals surface area contributed by atoms with Crippen molar-refractivity contribution < 1.29 is 14.0 Å². The molecule has 1 heterocycles. The number of nitrogens with two attached hydrogens (primary N) is 1. The molecule has 6 nitrogen and oxygen atoms in total. The van der Waals surface area contributed by atoms with E-state index in [-0.39, 0.29) is 11.8 Å². The van der Waals surface area contributed by atoms with Gasteiger partial charge in [0.2, 0.25) is 0 Å². The standard InChI is InChI=1S/C21H19FN4O2/c22-15-8-10-16(11-9-15)25-21(27)24-13-14-4-3-5-17(12-14)26-20(23)18-6-1-2-7-19(18)28-26/h1-12,20H,13,23H2,(H2,24,25,27). The first kappa shape index (κ1) is 17.8. The number of hydroxylamine groups is 1. The molecule has 1 atom stereocenters. The van der Waals surface area contributed by atoms with Crippen LogP contribution in [-0.2, 0) is 6.54 Å². The van der Waals surface area contributed by atoms with Crippen molar-refractivity contribution in [3.05, 3.63) is 89.7 Å². The number of carbonyl (C=O) groups excluding carboxylic acids is 1. The molecule has 3 aromatic carbocycles. The van der Waals surface area contributed by atoms with E-state index in [1.54, 1.807) is 5.06 Å². The van der Waals surface area contributed by atoms with Crippen molar-refractivity contribution >= 4 is 17.4 Å². The number of para-hydroxylation sites is 1. The molecule has 28 heavy (non-hydrogen) atoms. The highest BCUT2D eigenvalue weighted by Crippen LogP contribution is 2.37. The van der Waals surface area contributed by atoms with E-state index in [1.165, 1.54) is 24.3 Å². The van der Waals surface area contributed by atoms with Crippen LogP contribution >= 0.6 is 0 Å². The number of anilines is 2. The number of hydrogen-bond donors (Lipinski definition) is 3. The van der Waals surface area contributed by atoms with Gasteiger partial charge in [0.15, 0.2) is 5.75 Å². The topological polar surface area (TPSA) is 79.6 Å². The Morgan fingerprint density at radius 1 is 1.07 bits per heavy atom. The van der Waals surface area contributed by atoms with Crippen molar-refractivity contribution in [1.82, 2.24) is 5.32 Å². The fourth-order valence-corrected chi connectivity index (χ4v) is 3.00. The molecule has 0 bridgehead atoms. The molecule has 4 N–H and O–H groups in total. The van der Waals surface area contributed by atoms with Crippen LogP contribution in [0.15, 0.2) is 72.8 Å². The number of fused-ring (bicyclic) bond motifs is 1. The molecule has 0 aromatic heterocycles. The minimum atomic E-state index is -0.402. The Morgan fingerprint density at radius 3 is 2.64 bits per heavy atom. The van der Waals surface area contributed by atoms with E-state index >= 15 is 0 Å². The molecule has 1 aliphatic rings. The lowest BCUT2D eigenvalue weighted by molar-refractivity contribution is 0.251. The van der Waals surface area contributed by atoms with Gasteiger partial charge in [0.25, 0.3) is 0 Å². The fraction of sp³-hybridized carbons (Fsp3) is 0.0952. The number of nitrogens with one attached hydrogen (secondary N) is 2. The maximum Gasteiger partial charge on any atom is 0.319 e. The molecule has 4 rings (SSSR count). The Labute approximate surface area is 161 Å². The molecule has 142 valence electrons. The van der Waals surface area contributed by atoms with Crippen LogP contribution in [0.1, 0.15) is 17.3 Å². The van der Waals surface area contributed by atoms with Gasteiger partial charge in [-0.25, -0.2) is 9.18 Å². The highest BCUT2D eigenvalue weighted by molar-refractivity contribution is 5.89. The summed E-state index contributed by atoms with van der Waals surface area (Å²) in [7, 11) is 0. The monoisotopic (exact) mass is 378 g/mol. The maximum absolute atomic E-state index is 12.9. The smallest absolute Gasteiger partial charge is 0.319 e. The minimum absolute atomic E-state index is 0.316. The highest BCUT2D eigenvalue weighted by Gasteiger charge is 2.29. The van der Waals surface area contributed by atoms with E-state index in [0.29, 0.717) is 12.2 Å². The third-order valence-electron chi connectivity index (χ3n) is 4.41. The zero-order valence-electron chi connectivity index (χ0n) is 14.9. The number of nitrogens with zero attached hydrogens (tertiary/aromatic N) is 1. The van der Waals surface area contributed by atoms with Crippen LogP contribution in [0.25, 0.3) is 0 Å². The summed E-state index contributed by atoms with van der Waals surface area (Å²) in [6, 6.07) is 20.4. The summed E-state index contributed by atoms with van der Waals surface area (Å²) < 4.78 is 12.9. The lowest BCUT2D eigenvalue weighted by atomic mass is 10.1. The van der Waals surface area contributed by atoms with Gasteiger partial charge in [0.1, 0.15) is 12.0 Å². The molecule has 1 unspecified atom stereocenters. The van der Waals surface area contributed by atoms with Crippen molar-refractivity contribution in [2.75, 3.05) is 10.4 Å². The predicted molar refractivity (Wildman–Crippen MR) is 105 cm³/mol. The van der Waals surface area contributed by atoms with Crippen LogP contribution in [0.2, 0.25) is 0 Å². The second-order valence-corrected chi connectivity index (χ2v) is 6.38. The molecule has 0 radical (unpaired) electrons. The third kappa shape index (κ3) is 3.74. The van der Waals surface area contributed by atoms with Crippen molar-refractivity contribution in [3.63, 3.8) is 0 Å². The second kappa shape index (κ2) is 7.58. The number of urea groups is 1. The maximum atomic E-state index is 12.9. The third-order valence-corrected chi connectivity index (χ3v) is 4.41. The molecular formula is C21H19FN4O2. The predicted octanol–water partition coefficient (Wildman–Crippen LogP) is 3.92. The quantitative estimate of drug-likeness (QED) is 0.643. The molecule has 0 saturated heterocycles. The van der Waals surface area contributed by atoms with E-state index < -0.39 is 6.17 Å². The Hall–Kier alpha value is -3.58. The first-order chi connectivity index (χ1) is 13.6. The molecule has 0 spiro atoms. The Bertz CT molecular complexity index is 994. The van der Waals surface area contributed by atoms with Gasteiger partial charge >= 0.3 is 6.03 Å². The van der Waals surface area contributed by atoms with Crippen LogP contribution in [-0.4, -0.2) is 6.03 Å². The van der Waals surface area contributed by atoms with Crippen LogP contribution in [0.5, 0.6) is 5.75 Å². The summed E-state index contributed by atoms with van der Waals surface area (Å²) in [4.78, 5) is 17.9. The fourth-order valence-electron chi connectivity index (χ4n) is 3.00. The van der Waals surface area contributed by atoms with Crippen molar-refractivity contribution in [1.29, 1.82) is 0 Å². The van der Waals surface area contributed by atoms with Gasteiger partial charge in [0.05, 0.1) is 5.69 Å². The van der Waals surface area contributed by atoms with E-state index in [9.17, 15) is 9.18 Å². The zero-order chi connectivity index (χ0) is 19.5. The molecular weight excluding hydrogens is 359 g/mol. The lowest BCUT2D eigenvalue weighted by Gasteiger charge is -2.22. The number of carbonyl (C=O) groups is 1. The van der Waals surface area contributed by atoms with Gasteiger partial charge in [-0.05, 0) is 48.0 Å². The SMILES string of the molecule is NC1c2ccccc2ON1c1cccc(CNC(=O)Nc2ccc(F)cc2)c1. The second-order valence-electron chi connectivity index (χ2n) is 6.38. The molecule has 0 saturated carbocycles. The number of halogens is 1. The molecule has 7 heteroatoms. The van der Waals surface area contributed by atoms with Gasteiger partial charge in [-0.2, -0.15) is 5.06 Å². The number of amides is 2. The van der Waals surface area contributed by atoms with Crippen LogP contribution < -0.4 is 26.3 Å². The Kier molecular flexibility index (Phi) is 4.82. The van der Waals surface area contributed by atoms with Gasteiger partial charge in [0, 0.05) is 17.8 Å². The Morgan fingerprint density at radius 2 is 1.86 bits per heavy atom. The van der Waals surface area contributed by atoms with Gasteiger partial charge in [-0.15, -0.1) is 0 Å². The van der Waals surface area contributed by atoms with Crippen LogP contribution in [0.4, 0.5) is 20.6 Å². The van der Waals surface area contributed by atoms with Crippen molar-refractivity contribution in [2.45, 2.75) is 12.7 Å². The summed E-state index contributed by atoms with van der Waals surface area (Å²) in [6.45, 7) is 0.316. The number of hydrogen-bond acceptors (Lipinski definition) is 4. The minimum Gasteiger partial charge on any atom is -0.377 e. The molecule has 0 fully saturated rings. The number of rotatable bonds is 4. The van der Waals surface area contributed by atoms with E-state index in [4.69, 9.17) is 10.6 Å². The van der Waals surface area contributed by atoms with E-state index in [1.807, 2.05) is 48.5 Å². The average Bonchev–Trinajstić information content (AvgIpc) is 3.05. The van der Waals surface area contributed by atoms with Gasteiger partial charge in [-0.3, -0.25) is 0 Å². The summed E-state index contributed by atoms with van der Waals surface area (Å²) in [5.41, 5.74) is 9.40. The van der Waals surface area contributed by atoms with Crippen molar-refractivity contribution in [3.8, 4) is 5.75 Å². The summed E-state index contributed by atoms with van der Waals surface area (Å²) in [5.74, 6) is 0.379. The zero-order valence-corrected chi connectivity index (χ0v) is 14.9.